The lowest BCUT2D eigenvalue weighted by atomic mass is 10.0. The number of anilines is 5. The number of amides is 1. The minimum atomic E-state index is -0.592. The van der Waals surface area contributed by atoms with Crippen molar-refractivity contribution < 1.29 is 23.5 Å². The molecular formula is C31H34Cl2FN7O4. The van der Waals surface area contributed by atoms with Gasteiger partial charge < -0.3 is 25.0 Å². The lowest BCUT2D eigenvalue weighted by Crippen LogP contribution is -2.44. The second-order valence-electron chi connectivity index (χ2n) is 10.9. The second-order valence-corrected chi connectivity index (χ2v) is 11.7. The Morgan fingerprint density at radius 2 is 1.93 bits per heavy atom. The lowest BCUT2D eigenvalue weighted by molar-refractivity contribution is -0.111. The maximum Gasteiger partial charge on any atom is 0.247 e. The number of methoxy groups -OCH3 is 1. The van der Waals surface area contributed by atoms with Crippen LogP contribution in [-0.4, -0.2) is 79.9 Å². The minimum absolute atomic E-state index is 0.133. The minimum Gasteiger partial charge on any atom is -0.494 e. The summed E-state index contributed by atoms with van der Waals surface area (Å²) in [6.07, 6.45) is 4.15. The molecule has 6 rings (SSSR count). The van der Waals surface area contributed by atoms with E-state index in [-0.39, 0.29) is 16.0 Å². The van der Waals surface area contributed by atoms with Gasteiger partial charge in [0.25, 0.3) is 0 Å². The number of ether oxygens (including phenoxy) is 2. The first-order chi connectivity index (χ1) is 21.9. The number of hydrogen-bond acceptors (Lipinski definition) is 10. The van der Waals surface area contributed by atoms with Crippen molar-refractivity contribution in [2.75, 3.05) is 73.7 Å². The van der Waals surface area contributed by atoms with Crippen molar-refractivity contribution in [1.82, 2.24) is 14.9 Å². The molecule has 1 amide bonds. The van der Waals surface area contributed by atoms with Gasteiger partial charge in [0.05, 0.1) is 60.1 Å². The maximum atomic E-state index is 15.1. The summed E-state index contributed by atoms with van der Waals surface area (Å²) in [6, 6.07) is 8.52. The zero-order valence-electron chi connectivity index (χ0n) is 24.8. The van der Waals surface area contributed by atoms with Crippen LogP contribution < -0.4 is 25.3 Å². The fourth-order valence-electron chi connectivity index (χ4n) is 6.03. The summed E-state index contributed by atoms with van der Waals surface area (Å²) in [5, 5.41) is 7.80. The molecule has 238 valence electrons. The first-order valence-corrected chi connectivity index (χ1v) is 15.5. The van der Waals surface area contributed by atoms with Crippen LogP contribution in [0.5, 0.6) is 5.75 Å². The van der Waals surface area contributed by atoms with Gasteiger partial charge in [0, 0.05) is 56.3 Å². The number of benzene rings is 2. The SMILES string of the molecule is C=CC(=O)Nc1cc(Nc2cc(N3OCC[C@@H]3c3ccc(Cl)c(Cl)c3F)ncn2)c(OC)cc1N1CC[C@@H](N2CCOCC2)C1. The average molecular weight is 659 g/mol. The Morgan fingerprint density at radius 1 is 1.11 bits per heavy atom. The molecule has 1 aromatic heterocycles. The number of hydrogen-bond donors (Lipinski definition) is 2. The van der Waals surface area contributed by atoms with Gasteiger partial charge in [-0.3, -0.25) is 14.5 Å². The van der Waals surface area contributed by atoms with E-state index >= 15 is 4.39 Å². The fourth-order valence-corrected chi connectivity index (χ4v) is 6.35. The van der Waals surface area contributed by atoms with Crippen molar-refractivity contribution in [2.24, 2.45) is 0 Å². The molecule has 0 bridgehead atoms. The third-order valence-electron chi connectivity index (χ3n) is 8.30. The summed E-state index contributed by atoms with van der Waals surface area (Å²) in [5.74, 6) is 0.495. The van der Waals surface area contributed by atoms with E-state index in [1.807, 2.05) is 12.1 Å². The Kier molecular flexibility index (Phi) is 9.57. The highest BCUT2D eigenvalue weighted by molar-refractivity contribution is 6.42. The monoisotopic (exact) mass is 657 g/mol. The number of carbonyl (C=O) groups is 1. The molecule has 45 heavy (non-hydrogen) atoms. The lowest BCUT2D eigenvalue weighted by Gasteiger charge is -2.32. The molecule has 0 radical (unpaired) electrons. The zero-order chi connectivity index (χ0) is 31.5. The van der Waals surface area contributed by atoms with Crippen molar-refractivity contribution in [2.45, 2.75) is 24.9 Å². The van der Waals surface area contributed by atoms with Gasteiger partial charge in [-0.05, 0) is 24.6 Å². The van der Waals surface area contributed by atoms with Crippen molar-refractivity contribution in [1.29, 1.82) is 0 Å². The molecule has 0 saturated carbocycles. The molecule has 0 spiro atoms. The average Bonchev–Trinajstić information content (AvgIpc) is 3.75. The Balaban J connectivity index is 1.27. The van der Waals surface area contributed by atoms with Gasteiger partial charge >= 0.3 is 0 Å². The Bertz CT molecular complexity index is 1580. The standard InChI is InChI=1S/C31H34Cl2FN7O4/c1-3-29(42)38-22-14-23(26(43-2)15-25(22)40-8-6-19(17-40)39-9-12-44-13-10-39)37-27-16-28(36-18-35-27)41-24(7-11-45-41)20-4-5-21(32)30(33)31(20)34/h3-5,14-16,18-19,24H,1,6-13,17H2,2H3,(H,38,42)(H,35,36,37)/t19-,24-/m1/s1. The van der Waals surface area contributed by atoms with Crippen molar-refractivity contribution >= 4 is 57.8 Å². The predicted octanol–water partition coefficient (Wildman–Crippen LogP) is 5.59. The quantitative estimate of drug-likeness (QED) is 0.223. The second kappa shape index (κ2) is 13.8. The third-order valence-corrected chi connectivity index (χ3v) is 9.08. The smallest absolute Gasteiger partial charge is 0.247 e. The number of carbonyl (C=O) groups excluding carboxylic acids is 1. The van der Waals surface area contributed by atoms with Gasteiger partial charge in [-0.25, -0.2) is 19.4 Å². The van der Waals surface area contributed by atoms with E-state index in [9.17, 15) is 4.79 Å². The summed E-state index contributed by atoms with van der Waals surface area (Å²) in [4.78, 5) is 31.8. The van der Waals surface area contributed by atoms with Crippen LogP contribution in [0.4, 0.5) is 33.1 Å². The number of halogens is 3. The molecule has 2 aromatic carbocycles. The van der Waals surface area contributed by atoms with Gasteiger partial charge in [0.15, 0.2) is 5.82 Å². The highest BCUT2D eigenvalue weighted by Crippen LogP contribution is 2.42. The number of aromatic nitrogens is 2. The van der Waals surface area contributed by atoms with Crippen LogP contribution in [0.25, 0.3) is 0 Å². The molecule has 0 unspecified atom stereocenters. The number of morpholine rings is 1. The predicted molar refractivity (Wildman–Crippen MR) is 172 cm³/mol. The van der Waals surface area contributed by atoms with Crippen molar-refractivity contribution in [3.05, 3.63) is 70.7 Å². The molecule has 0 aliphatic carbocycles. The first-order valence-electron chi connectivity index (χ1n) is 14.7. The highest BCUT2D eigenvalue weighted by atomic mass is 35.5. The van der Waals surface area contributed by atoms with E-state index in [1.165, 1.54) is 12.4 Å². The molecular weight excluding hydrogens is 624 g/mol. The van der Waals surface area contributed by atoms with Crippen molar-refractivity contribution in [3.8, 4) is 5.75 Å². The molecule has 3 aliphatic heterocycles. The van der Waals surface area contributed by atoms with E-state index in [1.54, 1.807) is 30.4 Å². The van der Waals surface area contributed by atoms with Gasteiger partial charge in [-0.1, -0.05) is 35.8 Å². The maximum absolute atomic E-state index is 15.1. The van der Waals surface area contributed by atoms with Gasteiger partial charge in [0.1, 0.15) is 23.7 Å². The van der Waals surface area contributed by atoms with Crippen LogP contribution >= 0.6 is 23.2 Å². The van der Waals surface area contributed by atoms with E-state index in [4.69, 9.17) is 37.5 Å². The third kappa shape index (κ3) is 6.66. The first kappa shape index (κ1) is 31.3. The van der Waals surface area contributed by atoms with E-state index in [0.29, 0.717) is 53.4 Å². The van der Waals surface area contributed by atoms with Gasteiger partial charge in [0.2, 0.25) is 5.91 Å². The number of nitrogens with one attached hydrogen (secondary N) is 2. The zero-order valence-corrected chi connectivity index (χ0v) is 26.3. The normalized spacial score (nSPS) is 20.4. The molecule has 3 aliphatic rings. The summed E-state index contributed by atoms with van der Waals surface area (Å²) in [5.41, 5.74) is 2.39. The summed E-state index contributed by atoms with van der Waals surface area (Å²) >= 11 is 12.1. The Morgan fingerprint density at radius 3 is 2.71 bits per heavy atom. The van der Waals surface area contributed by atoms with Crippen LogP contribution in [0.2, 0.25) is 10.0 Å². The topological polar surface area (TPSA) is 104 Å². The molecule has 3 aromatic rings. The number of rotatable bonds is 9. The van der Waals surface area contributed by atoms with Crippen LogP contribution in [0.3, 0.4) is 0 Å². The molecule has 3 fully saturated rings. The summed E-state index contributed by atoms with van der Waals surface area (Å²) < 4.78 is 26.4. The van der Waals surface area contributed by atoms with Crippen LogP contribution in [0.1, 0.15) is 24.4 Å². The van der Waals surface area contributed by atoms with Gasteiger partial charge in [-0.2, -0.15) is 0 Å². The molecule has 4 heterocycles. The van der Waals surface area contributed by atoms with E-state index in [2.05, 4.69) is 37.0 Å². The number of nitrogens with zero attached hydrogens (tertiary/aromatic N) is 5. The largest absolute Gasteiger partial charge is 0.494 e. The van der Waals surface area contributed by atoms with E-state index in [0.717, 1.165) is 51.5 Å². The van der Waals surface area contributed by atoms with Crippen LogP contribution in [0.15, 0.2) is 49.3 Å². The molecule has 2 atom stereocenters. The Hall–Kier alpha value is -3.68. The van der Waals surface area contributed by atoms with Crippen LogP contribution in [-0.2, 0) is 14.4 Å². The molecule has 3 saturated heterocycles. The Labute approximate surface area is 270 Å². The van der Waals surface area contributed by atoms with Crippen molar-refractivity contribution in [3.63, 3.8) is 0 Å². The van der Waals surface area contributed by atoms with Crippen LogP contribution in [0, 0.1) is 5.82 Å². The highest BCUT2D eigenvalue weighted by Gasteiger charge is 2.33. The number of hydroxylamine groups is 1. The molecule has 2 N–H and O–H groups in total. The molecule has 11 nitrogen and oxygen atoms in total. The summed E-state index contributed by atoms with van der Waals surface area (Å²) in [7, 11) is 1.59. The molecule has 14 heteroatoms. The fraction of sp³-hybridized carbons (Fsp3) is 0.387. The van der Waals surface area contributed by atoms with Gasteiger partial charge in [-0.15, -0.1) is 0 Å². The van der Waals surface area contributed by atoms with E-state index < -0.39 is 11.9 Å². The summed E-state index contributed by atoms with van der Waals surface area (Å²) in [6.45, 7) is 8.94.